The second-order valence-electron chi connectivity index (χ2n) is 7.84. The third-order valence-corrected chi connectivity index (χ3v) is 7.18. The highest BCUT2D eigenvalue weighted by Gasteiger charge is 2.76. The van der Waals surface area contributed by atoms with Gasteiger partial charge >= 0.3 is 0 Å². The standard InChI is InChI=1S/C15H24O/c1-9-5-6-10-13(2,3)11-7-15(9,10)8-12-14(11,4)16-12/h9-12H,5-8H2,1-4H3/t9-,10-,11-,12+,14+,15+/m0/s1. The van der Waals surface area contributed by atoms with Crippen molar-refractivity contribution in [2.75, 3.05) is 0 Å². The van der Waals surface area contributed by atoms with Gasteiger partial charge in [-0.05, 0) is 61.2 Å². The van der Waals surface area contributed by atoms with Crippen LogP contribution in [-0.2, 0) is 4.74 Å². The van der Waals surface area contributed by atoms with Crippen molar-refractivity contribution in [1.29, 1.82) is 0 Å². The monoisotopic (exact) mass is 220 g/mol. The van der Waals surface area contributed by atoms with Crippen LogP contribution in [0, 0.1) is 28.6 Å². The van der Waals surface area contributed by atoms with Crippen LogP contribution in [0.25, 0.3) is 0 Å². The molecule has 0 unspecified atom stereocenters. The zero-order chi connectivity index (χ0) is 11.3. The van der Waals surface area contributed by atoms with Crippen molar-refractivity contribution in [2.45, 2.75) is 65.1 Å². The second kappa shape index (κ2) is 2.39. The van der Waals surface area contributed by atoms with Crippen molar-refractivity contribution in [3.63, 3.8) is 0 Å². The van der Waals surface area contributed by atoms with E-state index in [9.17, 15) is 0 Å². The Bertz CT molecular complexity index is 356. The van der Waals surface area contributed by atoms with Crippen LogP contribution in [0.1, 0.15) is 53.4 Å². The summed E-state index contributed by atoms with van der Waals surface area (Å²) in [6, 6.07) is 0. The van der Waals surface area contributed by atoms with E-state index < -0.39 is 0 Å². The average Bonchev–Trinajstić information content (AvgIpc) is 2.67. The van der Waals surface area contributed by atoms with Crippen LogP contribution >= 0.6 is 0 Å². The van der Waals surface area contributed by atoms with Gasteiger partial charge in [-0.2, -0.15) is 0 Å². The molecule has 1 nitrogen and oxygen atoms in total. The molecule has 1 aliphatic heterocycles. The fourth-order valence-corrected chi connectivity index (χ4v) is 6.21. The Morgan fingerprint density at radius 3 is 2.50 bits per heavy atom. The van der Waals surface area contributed by atoms with Crippen molar-refractivity contribution in [3.8, 4) is 0 Å². The second-order valence-corrected chi connectivity index (χ2v) is 7.84. The Morgan fingerprint density at radius 2 is 1.75 bits per heavy atom. The van der Waals surface area contributed by atoms with Crippen molar-refractivity contribution in [3.05, 3.63) is 0 Å². The van der Waals surface area contributed by atoms with E-state index in [2.05, 4.69) is 27.7 Å². The molecular weight excluding hydrogens is 196 g/mol. The van der Waals surface area contributed by atoms with E-state index >= 15 is 0 Å². The normalized spacial score (nSPS) is 65.2. The van der Waals surface area contributed by atoms with Crippen molar-refractivity contribution in [2.24, 2.45) is 28.6 Å². The minimum Gasteiger partial charge on any atom is -0.366 e. The van der Waals surface area contributed by atoms with Gasteiger partial charge in [0.1, 0.15) is 0 Å². The van der Waals surface area contributed by atoms with Crippen LogP contribution in [0.15, 0.2) is 0 Å². The number of hydrogen-bond donors (Lipinski definition) is 0. The molecule has 2 bridgehead atoms. The number of epoxide rings is 1. The summed E-state index contributed by atoms with van der Waals surface area (Å²) in [5.41, 5.74) is 1.44. The van der Waals surface area contributed by atoms with Gasteiger partial charge in [-0.25, -0.2) is 0 Å². The van der Waals surface area contributed by atoms with E-state index in [-0.39, 0.29) is 5.60 Å². The molecule has 6 atom stereocenters. The Kier molecular flexibility index (Phi) is 1.48. The lowest BCUT2D eigenvalue weighted by atomic mass is 9.66. The van der Waals surface area contributed by atoms with Crippen LogP contribution < -0.4 is 0 Å². The fraction of sp³-hybridized carbons (Fsp3) is 1.00. The Morgan fingerprint density at radius 1 is 1.00 bits per heavy atom. The molecule has 90 valence electrons. The molecule has 4 rings (SSSR count). The maximum atomic E-state index is 6.09. The summed E-state index contributed by atoms with van der Waals surface area (Å²) in [6.45, 7) is 9.93. The third-order valence-electron chi connectivity index (χ3n) is 7.18. The molecule has 0 N–H and O–H groups in total. The smallest absolute Gasteiger partial charge is 0.0954 e. The van der Waals surface area contributed by atoms with Gasteiger partial charge in [-0.15, -0.1) is 0 Å². The van der Waals surface area contributed by atoms with Gasteiger partial charge in [0.2, 0.25) is 0 Å². The number of hydrogen-bond acceptors (Lipinski definition) is 1. The van der Waals surface area contributed by atoms with Gasteiger partial charge in [0.05, 0.1) is 11.7 Å². The van der Waals surface area contributed by atoms with Gasteiger partial charge in [0.25, 0.3) is 0 Å². The highest BCUT2D eigenvalue weighted by molar-refractivity contribution is 5.24. The summed E-state index contributed by atoms with van der Waals surface area (Å²) in [5, 5.41) is 0. The Hall–Kier alpha value is -0.0400. The Labute approximate surface area is 98.9 Å². The van der Waals surface area contributed by atoms with Crippen LogP contribution in [0.2, 0.25) is 0 Å². The van der Waals surface area contributed by atoms with Gasteiger partial charge < -0.3 is 4.74 Å². The largest absolute Gasteiger partial charge is 0.366 e. The van der Waals surface area contributed by atoms with Crippen LogP contribution in [-0.4, -0.2) is 11.7 Å². The SMILES string of the molecule is C[C@H]1CC[C@H]2C(C)(C)[C@@H]3C[C@@]12C[C@H]1O[C@@]13C. The molecule has 0 aromatic rings. The van der Waals surface area contributed by atoms with Crippen molar-refractivity contribution in [1.82, 2.24) is 0 Å². The van der Waals surface area contributed by atoms with Gasteiger partial charge in [0.15, 0.2) is 0 Å². The van der Waals surface area contributed by atoms with Crippen LogP contribution in [0.3, 0.4) is 0 Å². The first-order chi connectivity index (χ1) is 7.41. The highest BCUT2D eigenvalue weighted by Crippen LogP contribution is 2.77. The van der Waals surface area contributed by atoms with Crippen LogP contribution in [0.5, 0.6) is 0 Å². The van der Waals surface area contributed by atoms with E-state index in [1.54, 1.807) is 0 Å². The Balaban J connectivity index is 1.85. The third kappa shape index (κ3) is 0.805. The summed E-state index contributed by atoms with van der Waals surface area (Å²) < 4.78 is 6.09. The lowest BCUT2D eigenvalue weighted by Crippen LogP contribution is -2.36. The molecule has 3 aliphatic carbocycles. The molecule has 0 aromatic heterocycles. The van der Waals surface area contributed by atoms with Crippen LogP contribution in [0.4, 0.5) is 0 Å². The molecular formula is C15H24O. The summed E-state index contributed by atoms with van der Waals surface area (Å²) in [4.78, 5) is 0. The van der Waals surface area contributed by atoms with E-state index in [1.165, 1.54) is 25.7 Å². The van der Waals surface area contributed by atoms with Crippen molar-refractivity contribution < 1.29 is 4.74 Å². The molecule has 0 radical (unpaired) electrons. The number of ether oxygens (including phenoxy) is 1. The molecule has 1 heteroatoms. The van der Waals surface area contributed by atoms with E-state index in [0.29, 0.717) is 16.9 Å². The van der Waals surface area contributed by atoms with Gasteiger partial charge in [0, 0.05) is 0 Å². The molecule has 16 heavy (non-hydrogen) atoms. The first-order valence-electron chi connectivity index (χ1n) is 7.09. The maximum absolute atomic E-state index is 6.09. The van der Waals surface area contributed by atoms with Gasteiger partial charge in [-0.3, -0.25) is 0 Å². The lowest BCUT2D eigenvalue weighted by Gasteiger charge is -2.37. The zero-order valence-electron chi connectivity index (χ0n) is 11.0. The summed E-state index contributed by atoms with van der Waals surface area (Å²) >= 11 is 0. The maximum Gasteiger partial charge on any atom is 0.0954 e. The molecule has 1 saturated heterocycles. The molecule has 1 heterocycles. The lowest BCUT2D eigenvalue weighted by molar-refractivity contribution is 0.0866. The molecule has 0 amide bonds. The van der Waals surface area contributed by atoms with Crippen molar-refractivity contribution >= 4 is 0 Å². The molecule has 3 saturated carbocycles. The predicted molar refractivity (Wildman–Crippen MR) is 64.1 cm³/mol. The summed E-state index contributed by atoms with van der Waals surface area (Å²) in [6.07, 6.45) is 6.38. The molecule has 1 spiro atoms. The predicted octanol–water partition coefficient (Wildman–Crippen LogP) is 3.63. The van der Waals surface area contributed by atoms with E-state index in [0.717, 1.165) is 17.8 Å². The number of fused-ring (bicyclic) bond motifs is 3. The summed E-state index contributed by atoms with van der Waals surface area (Å²) in [7, 11) is 0. The zero-order valence-corrected chi connectivity index (χ0v) is 11.0. The summed E-state index contributed by atoms with van der Waals surface area (Å²) in [5.74, 6) is 2.75. The first-order valence-corrected chi connectivity index (χ1v) is 7.09. The fourth-order valence-electron chi connectivity index (χ4n) is 6.21. The molecule has 4 fully saturated rings. The molecule has 4 aliphatic rings. The highest BCUT2D eigenvalue weighted by atomic mass is 16.6. The van der Waals surface area contributed by atoms with Gasteiger partial charge in [-0.1, -0.05) is 20.8 Å². The van der Waals surface area contributed by atoms with E-state index in [1.807, 2.05) is 0 Å². The minimum atomic E-state index is 0.263. The quantitative estimate of drug-likeness (QED) is 0.568. The number of rotatable bonds is 0. The van der Waals surface area contributed by atoms with E-state index in [4.69, 9.17) is 4.74 Å². The average molecular weight is 220 g/mol. The topological polar surface area (TPSA) is 12.5 Å². The molecule has 0 aromatic carbocycles. The first kappa shape index (κ1) is 9.94. The minimum absolute atomic E-state index is 0.263.